The van der Waals surface area contributed by atoms with E-state index in [1.165, 1.54) is 0 Å². The van der Waals surface area contributed by atoms with Crippen LogP contribution in [0, 0.1) is 0 Å². The molecule has 0 spiro atoms. The predicted octanol–water partition coefficient (Wildman–Crippen LogP) is 0.846. The highest BCUT2D eigenvalue weighted by molar-refractivity contribution is 5.98. The summed E-state index contributed by atoms with van der Waals surface area (Å²) in [4.78, 5) is 22.6. The quantitative estimate of drug-likeness (QED) is 0.678. The number of benzene rings is 1. The van der Waals surface area contributed by atoms with Gasteiger partial charge in [0.1, 0.15) is 17.5 Å². The molecule has 1 atom stereocenters. The van der Waals surface area contributed by atoms with Crippen molar-refractivity contribution in [2.24, 2.45) is 0 Å². The Kier molecular flexibility index (Phi) is 4.37. The van der Waals surface area contributed by atoms with Gasteiger partial charge in [-0.15, -0.1) is 0 Å². The summed E-state index contributed by atoms with van der Waals surface area (Å²) in [7, 11) is 0. The summed E-state index contributed by atoms with van der Waals surface area (Å²) >= 11 is 0. The molecule has 1 saturated heterocycles. The number of anilines is 1. The largest absolute Gasteiger partial charge is 0.485 e. The minimum atomic E-state index is -3.05. The van der Waals surface area contributed by atoms with E-state index >= 15 is 0 Å². The first-order chi connectivity index (χ1) is 14.4. The molecule has 30 heavy (non-hydrogen) atoms. The minimum Gasteiger partial charge on any atom is -0.485 e. The lowest BCUT2D eigenvalue weighted by molar-refractivity contribution is -0.00597. The third kappa shape index (κ3) is 3.07. The molecule has 3 heterocycles. The molecule has 5 rings (SSSR count). The van der Waals surface area contributed by atoms with Gasteiger partial charge in [-0.05, 0) is 18.6 Å². The Morgan fingerprint density at radius 1 is 1.30 bits per heavy atom. The van der Waals surface area contributed by atoms with Gasteiger partial charge in [0.25, 0.3) is 11.8 Å². The Labute approximate surface area is 170 Å². The van der Waals surface area contributed by atoms with Crippen molar-refractivity contribution in [3.8, 4) is 17.0 Å². The monoisotopic (exact) mass is 418 g/mol. The van der Waals surface area contributed by atoms with Crippen LogP contribution in [0.1, 0.15) is 28.0 Å². The van der Waals surface area contributed by atoms with Crippen molar-refractivity contribution < 1.29 is 28.5 Å². The number of carbonyl (C=O) groups is 1. The first kappa shape index (κ1) is 19.1. The molecule has 158 valence electrons. The number of alkyl halides is 2. The van der Waals surface area contributed by atoms with Crippen molar-refractivity contribution in [1.29, 1.82) is 0 Å². The molecule has 0 saturated carbocycles. The molecule has 1 aromatic heterocycles. The van der Waals surface area contributed by atoms with E-state index in [0.29, 0.717) is 22.4 Å². The van der Waals surface area contributed by atoms with Gasteiger partial charge < -0.3 is 25.2 Å². The molecule has 0 bridgehead atoms. The number of nitrogens with zero attached hydrogens (tertiary/aromatic N) is 3. The predicted molar refractivity (Wildman–Crippen MR) is 102 cm³/mol. The molecule has 1 aliphatic carbocycles. The standard InChI is InChI=1S/C20H20F2N4O4/c21-20(22)4-3-14-16(24-19(25-17(14)20)26-7-11(28)8-26)10-1-2-13-15(5-10)30-12(9-27)6-23-18(13)29/h1-2,5,11-12,27-28H,3-4,6-9H2,(H,23,29). The average Bonchev–Trinajstić information content (AvgIpc) is 2.92. The molecular weight excluding hydrogens is 398 g/mol. The number of β-amino-alcohol motifs (C(OH)–C–C–N with tert-alkyl or cyclic N) is 1. The van der Waals surface area contributed by atoms with Crippen molar-refractivity contribution in [3.63, 3.8) is 0 Å². The fourth-order valence-electron chi connectivity index (χ4n) is 3.99. The fourth-order valence-corrected chi connectivity index (χ4v) is 3.99. The van der Waals surface area contributed by atoms with Crippen LogP contribution in [0.2, 0.25) is 0 Å². The van der Waals surface area contributed by atoms with Gasteiger partial charge in [-0.2, -0.15) is 8.78 Å². The smallest absolute Gasteiger partial charge is 0.290 e. The van der Waals surface area contributed by atoms with Crippen LogP contribution >= 0.6 is 0 Å². The Balaban J connectivity index is 1.62. The average molecular weight is 418 g/mol. The molecule has 10 heteroatoms. The fraction of sp³-hybridized carbons (Fsp3) is 0.450. The van der Waals surface area contributed by atoms with E-state index in [1.807, 2.05) is 0 Å². The number of aliphatic hydroxyl groups excluding tert-OH is 2. The number of aromatic nitrogens is 2. The number of fused-ring (bicyclic) bond motifs is 2. The lowest BCUT2D eigenvalue weighted by atomic mass is 10.0. The molecule has 0 radical (unpaired) electrons. The first-order valence-electron chi connectivity index (χ1n) is 9.78. The van der Waals surface area contributed by atoms with Crippen molar-refractivity contribution in [3.05, 3.63) is 35.0 Å². The zero-order valence-corrected chi connectivity index (χ0v) is 15.9. The van der Waals surface area contributed by atoms with Gasteiger partial charge in [-0.3, -0.25) is 4.79 Å². The van der Waals surface area contributed by atoms with E-state index in [0.717, 1.165) is 0 Å². The Bertz CT molecular complexity index is 1030. The normalized spacial score (nSPS) is 22.5. The van der Waals surface area contributed by atoms with Gasteiger partial charge in [-0.1, -0.05) is 6.07 Å². The second-order valence-electron chi connectivity index (χ2n) is 7.81. The number of hydrogen-bond acceptors (Lipinski definition) is 7. The number of halogens is 2. The highest BCUT2D eigenvalue weighted by Gasteiger charge is 2.44. The van der Waals surface area contributed by atoms with Crippen molar-refractivity contribution in [2.75, 3.05) is 31.1 Å². The summed E-state index contributed by atoms with van der Waals surface area (Å²) in [6.45, 7) is 0.460. The summed E-state index contributed by atoms with van der Waals surface area (Å²) in [5, 5.41) is 21.7. The number of amides is 1. The topological polar surface area (TPSA) is 108 Å². The lowest BCUT2D eigenvalue weighted by Gasteiger charge is -2.36. The van der Waals surface area contributed by atoms with Gasteiger partial charge in [0, 0.05) is 30.6 Å². The van der Waals surface area contributed by atoms with Crippen molar-refractivity contribution in [2.45, 2.75) is 31.0 Å². The molecule has 2 aromatic rings. The van der Waals surface area contributed by atoms with E-state index in [4.69, 9.17) is 4.74 Å². The number of carbonyl (C=O) groups excluding carboxylic acids is 1. The summed E-state index contributed by atoms with van der Waals surface area (Å²) in [6, 6.07) is 4.81. The summed E-state index contributed by atoms with van der Waals surface area (Å²) in [5.41, 5.74) is 1.29. The molecule has 1 unspecified atom stereocenters. The second kappa shape index (κ2) is 6.85. The molecule has 3 aliphatic rings. The molecule has 8 nitrogen and oxygen atoms in total. The van der Waals surface area contributed by atoms with E-state index in [1.54, 1.807) is 23.1 Å². The van der Waals surface area contributed by atoms with Crippen LogP contribution in [0.5, 0.6) is 5.75 Å². The van der Waals surface area contributed by atoms with Crippen LogP contribution in [-0.4, -0.2) is 64.5 Å². The van der Waals surface area contributed by atoms with E-state index in [-0.39, 0.29) is 62.4 Å². The number of rotatable bonds is 3. The lowest BCUT2D eigenvalue weighted by Crippen LogP contribution is -2.51. The molecular formula is C20H20F2N4O4. The molecule has 2 aliphatic heterocycles. The van der Waals surface area contributed by atoms with Gasteiger partial charge in [-0.25, -0.2) is 9.97 Å². The van der Waals surface area contributed by atoms with E-state index < -0.39 is 18.1 Å². The van der Waals surface area contributed by atoms with Gasteiger partial charge in [0.05, 0.1) is 30.5 Å². The molecule has 1 amide bonds. The van der Waals surface area contributed by atoms with Gasteiger partial charge >= 0.3 is 0 Å². The van der Waals surface area contributed by atoms with Crippen LogP contribution < -0.4 is 15.0 Å². The maximum atomic E-state index is 14.5. The third-order valence-electron chi connectivity index (χ3n) is 5.66. The highest BCUT2D eigenvalue weighted by Crippen LogP contribution is 2.45. The zero-order valence-electron chi connectivity index (χ0n) is 15.9. The number of hydrogen-bond donors (Lipinski definition) is 3. The van der Waals surface area contributed by atoms with E-state index in [9.17, 15) is 23.8 Å². The van der Waals surface area contributed by atoms with Crippen molar-refractivity contribution >= 4 is 11.9 Å². The first-order valence-corrected chi connectivity index (χ1v) is 9.78. The Morgan fingerprint density at radius 2 is 2.10 bits per heavy atom. The second-order valence-corrected chi connectivity index (χ2v) is 7.81. The minimum absolute atomic E-state index is 0.137. The number of ether oxygens (including phenoxy) is 1. The van der Waals surface area contributed by atoms with Crippen LogP contribution in [0.4, 0.5) is 14.7 Å². The van der Waals surface area contributed by atoms with Gasteiger partial charge in [0.15, 0.2) is 0 Å². The number of nitrogens with one attached hydrogen (secondary N) is 1. The summed E-state index contributed by atoms with van der Waals surface area (Å²) in [6.07, 6.45) is -1.34. The van der Waals surface area contributed by atoms with Crippen LogP contribution in [0.3, 0.4) is 0 Å². The maximum Gasteiger partial charge on any atom is 0.290 e. The molecule has 1 fully saturated rings. The highest BCUT2D eigenvalue weighted by atomic mass is 19.3. The number of aliphatic hydroxyl groups is 2. The maximum absolute atomic E-state index is 14.5. The molecule has 3 N–H and O–H groups in total. The Morgan fingerprint density at radius 3 is 2.83 bits per heavy atom. The van der Waals surface area contributed by atoms with Crippen LogP contribution in [-0.2, 0) is 12.3 Å². The summed E-state index contributed by atoms with van der Waals surface area (Å²) < 4.78 is 34.7. The zero-order chi connectivity index (χ0) is 21.0. The van der Waals surface area contributed by atoms with Crippen LogP contribution in [0.25, 0.3) is 11.3 Å². The summed E-state index contributed by atoms with van der Waals surface area (Å²) in [5.74, 6) is -2.96. The molecule has 1 aromatic carbocycles. The van der Waals surface area contributed by atoms with Crippen LogP contribution in [0.15, 0.2) is 18.2 Å². The van der Waals surface area contributed by atoms with Crippen molar-refractivity contribution in [1.82, 2.24) is 15.3 Å². The van der Waals surface area contributed by atoms with E-state index in [2.05, 4.69) is 15.3 Å². The third-order valence-corrected chi connectivity index (χ3v) is 5.66. The Hall–Kier alpha value is -2.85. The SMILES string of the molecule is O=C1NCC(CO)Oc2cc(-c3nc(N4CC(O)C4)nc4c3CCC4(F)F)ccc21. The van der Waals surface area contributed by atoms with Gasteiger partial charge in [0.2, 0.25) is 5.95 Å².